The maximum Gasteiger partial charge on any atom is 0.287 e. The molecular weight excluding hydrogens is 318 g/mol. The number of furan rings is 1. The molecule has 1 N–H and O–H groups in total. The molecule has 3 rings (SSSR count). The number of hydrogen-bond donors (Lipinski definition) is 1. The van der Waals surface area contributed by atoms with Gasteiger partial charge in [0.25, 0.3) is 5.91 Å². The molecule has 0 aliphatic carbocycles. The first-order valence-corrected chi connectivity index (χ1v) is 7.91. The number of hydrogen-bond acceptors (Lipinski definition) is 4. The highest BCUT2D eigenvalue weighted by Gasteiger charge is 2.10. The number of carbonyl (C=O) groups is 1. The Morgan fingerprint density at radius 2 is 1.84 bits per heavy atom. The summed E-state index contributed by atoms with van der Waals surface area (Å²) in [5, 5.41) is 2.80. The van der Waals surface area contributed by atoms with Crippen LogP contribution < -0.4 is 14.8 Å². The molecule has 2 aromatic carbocycles. The van der Waals surface area contributed by atoms with E-state index in [9.17, 15) is 4.79 Å². The Morgan fingerprint density at radius 3 is 2.56 bits per heavy atom. The van der Waals surface area contributed by atoms with Crippen molar-refractivity contribution in [2.75, 3.05) is 7.11 Å². The summed E-state index contributed by atoms with van der Waals surface area (Å²) in [6.45, 7) is 0.834. The van der Waals surface area contributed by atoms with Crippen LogP contribution in [0.15, 0.2) is 71.3 Å². The van der Waals surface area contributed by atoms with Crippen LogP contribution in [0.4, 0.5) is 0 Å². The van der Waals surface area contributed by atoms with Gasteiger partial charge < -0.3 is 19.2 Å². The van der Waals surface area contributed by atoms with Gasteiger partial charge in [-0.1, -0.05) is 36.4 Å². The van der Waals surface area contributed by atoms with Crippen molar-refractivity contribution in [3.05, 3.63) is 83.8 Å². The summed E-state index contributed by atoms with van der Waals surface area (Å²) in [6, 6.07) is 18.8. The van der Waals surface area contributed by atoms with Gasteiger partial charge in [0.05, 0.1) is 13.4 Å². The van der Waals surface area contributed by atoms with Crippen molar-refractivity contribution < 1.29 is 18.7 Å². The Bertz CT molecular complexity index is 813. The molecule has 0 bridgehead atoms. The molecule has 1 aromatic heterocycles. The van der Waals surface area contributed by atoms with Crippen LogP contribution in [0.25, 0.3) is 0 Å². The summed E-state index contributed by atoms with van der Waals surface area (Å²) >= 11 is 0. The van der Waals surface area contributed by atoms with Crippen molar-refractivity contribution in [3.63, 3.8) is 0 Å². The van der Waals surface area contributed by atoms with E-state index < -0.39 is 0 Å². The van der Waals surface area contributed by atoms with E-state index in [4.69, 9.17) is 13.9 Å². The second-order valence-electron chi connectivity index (χ2n) is 5.42. The van der Waals surface area contributed by atoms with E-state index in [1.165, 1.54) is 6.26 Å². The van der Waals surface area contributed by atoms with Crippen molar-refractivity contribution in [1.29, 1.82) is 0 Å². The summed E-state index contributed by atoms with van der Waals surface area (Å²) in [5.74, 6) is 1.32. The molecule has 1 heterocycles. The van der Waals surface area contributed by atoms with E-state index in [0.717, 1.165) is 11.1 Å². The topological polar surface area (TPSA) is 60.7 Å². The Hall–Kier alpha value is -3.21. The minimum absolute atomic E-state index is 0.256. The number of benzene rings is 2. The monoisotopic (exact) mass is 337 g/mol. The molecule has 0 aliphatic heterocycles. The van der Waals surface area contributed by atoms with Crippen molar-refractivity contribution in [2.45, 2.75) is 13.2 Å². The highest BCUT2D eigenvalue weighted by atomic mass is 16.5. The van der Waals surface area contributed by atoms with Crippen molar-refractivity contribution in [1.82, 2.24) is 5.32 Å². The zero-order valence-electron chi connectivity index (χ0n) is 13.9. The molecule has 0 radical (unpaired) electrons. The van der Waals surface area contributed by atoms with Gasteiger partial charge in [-0.3, -0.25) is 4.79 Å². The van der Waals surface area contributed by atoms with E-state index >= 15 is 0 Å². The van der Waals surface area contributed by atoms with Crippen LogP contribution in [0.2, 0.25) is 0 Å². The minimum atomic E-state index is -0.256. The highest BCUT2D eigenvalue weighted by Crippen LogP contribution is 2.28. The lowest BCUT2D eigenvalue weighted by Gasteiger charge is -2.12. The zero-order chi connectivity index (χ0) is 17.5. The van der Waals surface area contributed by atoms with E-state index in [0.29, 0.717) is 24.7 Å². The molecule has 3 aromatic rings. The number of amides is 1. The summed E-state index contributed by atoms with van der Waals surface area (Å²) < 4.78 is 16.3. The Labute approximate surface area is 146 Å². The first kappa shape index (κ1) is 16.6. The third-order valence-corrected chi connectivity index (χ3v) is 3.66. The Balaban J connectivity index is 1.62. The molecule has 0 saturated carbocycles. The van der Waals surface area contributed by atoms with Gasteiger partial charge in [0.15, 0.2) is 17.3 Å². The van der Waals surface area contributed by atoms with Gasteiger partial charge in [0.2, 0.25) is 0 Å². The maximum atomic E-state index is 11.9. The van der Waals surface area contributed by atoms with Gasteiger partial charge in [0, 0.05) is 6.54 Å². The lowest BCUT2D eigenvalue weighted by atomic mass is 10.2. The SMILES string of the molecule is COc1cc(CNC(=O)c2ccco2)ccc1OCc1ccccc1. The van der Waals surface area contributed by atoms with E-state index in [1.54, 1.807) is 19.2 Å². The fourth-order valence-corrected chi connectivity index (χ4v) is 2.35. The number of rotatable bonds is 7. The quantitative estimate of drug-likeness (QED) is 0.712. The van der Waals surface area contributed by atoms with Crippen LogP contribution in [0.1, 0.15) is 21.7 Å². The third-order valence-electron chi connectivity index (χ3n) is 3.66. The molecule has 25 heavy (non-hydrogen) atoms. The van der Waals surface area contributed by atoms with Gasteiger partial charge in [-0.15, -0.1) is 0 Å². The predicted octanol–water partition coefficient (Wildman–Crippen LogP) is 3.80. The molecule has 0 unspecified atom stereocenters. The van der Waals surface area contributed by atoms with Gasteiger partial charge in [-0.05, 0) is 35.4 Å². The molecule has 5 heteroatoms. The highest BCUT2D eigenvalue weighted by molar-refractivity contribution is 5.91. The first-order valence-electron chi connectivity index (χ1n) is 7.91. The van der Waals surface area contributed by atoms with Crippen LogP contribution in [-0.4, -0.2) is 13.0 Å². The fraction of sp³-hybridized carbons (Fsp3) is 0.150. The standard InChI is InChI=1S/C20H19NO4/c1-23-19-12-16(13-21-20(22)18-8-5-11-24-18)9-10-17(19)25-14-15-6-3-2-4-7-15/h2-12H,13-14H2,1H3,(H,21,22). The second-order valence-corrected chi connectivity index (χ2v) is 5.42. The molecule has 5 nitrogen and oxygen atoms in total. The van der Waals surface area contributed by atoms with Crippen molar-refractivity contribution in [3.8, 4) is 11.5 Å². The number of nitrogens with one attached hydrogen (secondary N) is 1. The average Bonchev–Trinajstić information content (AvgIpc) is 3.20. The average molecular weight is 337 g/mol. The lowest BCUT2D eigenvalue weighted by molar-refractivity contribution is 0.0923. The van der Waals surface area contributed by atoms with Crippen LogP contribution in [0, 0.1) is 0 Å². The smallest absolute Gasteiger partial charge is 0.287 e. The summed E-state index contributed by atoms with van der Waals surface area (Å²) in [7, 11) is 1.59. The summed E-state index contributed by atoms with van der Waals surface area (Å²) in [4.78, 5) is 11.9. The van der Waals surface area contributed by atoms with E-state index in [1.807, 2.05) is 48.5 Å². The second kappa shape index (κ2) is 8.06. The first-order chi connectivity index (χ1) is 12.3. The molecule has 0 atom stereocenters. The largest absolute Gasteiger partial charge is 0.493 e. The van der Waals surface area contributed by atoms with Gasteiger partial charge in [-0.25, -0.2) is 0 Å². The van der Waals surface area contributed by atoms with Gasteiger partial charge in [-0.2, -0.15) is 0 Å². The Kier molecular flexibility index (Phi) is 5.36. The molecule has 0 fully saturated rings. The lowest BCUT2D eigenvalue weighted by Crippen LogP contribution is -2.22. The Morgan fingerprint density at radius 1 is 1.00 bits per heavy atom. The van der Waals surface area contributed by atoms with E-state index in [2.05, 4.69) is 5.32 Å². The molecule has 128 valence electrons. The number of ether oxygens (including phenoxy) is 2. The van der Waals surface area contributed by atoms with Crippen LogP contribution in [-0.2, 0) is 13.2 Å². The van der Waals surface area contributed by atoms with Crippen molar-refractivity contribution >= 4 is 5.91 Å². The molecule has 0 saturated heterocycles. The summed E-state index contributed by atoms with van der Waals surface area (Å²) in [6.07, 6.45) is 1.47. The molecule has 0 aliphatic rings. The van der Waals surface area contributed by atoms with Crippen LogP contribution in [0.5, 0.6) is 11.5 Å². The molecular formula is C20H19NO4. The molecule has 0 spiro atoms. The normalized spacial score (nSPS) is 10.3. The predicted molar refractivity (Wildman–Crippen MR) is 93.6 cm³/mol. The fourth-order valence-electron chi connectivity index (χ4n) is 2.35. The van der Waals surface area contributed by atoms with Gasteiger partial charge in [0.1, 0.15) is 6.61 Å². The minimum Gasteiger partial charge on any atom is -0.493 e. The number of carbonyl (C=O) groups excluding carboxylic acids is 1. The number of methoxy groups -OCH3 is 1. The van der Waals surface area contributed by atoms with Crippen molar-refractivity contribution in [2.24, 2.45) is 0 Å². The molecule has 1 amide bonds. The van der Waals surface area contributed by atoms with Gasteiger partial charge >= 0.3 is 0 Å². The van der Waals surface area contributed by atoms with Crippen LogP contribution in [0.3, 0.4) is 0 Å². The summed E-state index contributed by atoms with van der Waals surface area (Å²) in [5.41, 5.74) is 1.99. The van der Waals surface area contributed by atoms with Crippen LogP contribution >= 0.6 is 0 Å². The third kappa shape index (κ3) is 4.41. The zero-order valence-corrected chi connectivity index (χ0v) is 13.9. The van der Waals surface area contributed by atoms with E-state index in [-0.39, 0.29) is 11.7 Å². The maximum absolute atomic E-state index is 11.9.